The van der Waals surface area contributed by atoms with Crippen LogP contribution >= 0.6 is 0 Å². The van der Waals surface area contributed by atoms with Crippen molar-refractivity contribution in [3.05, 3.63) is 0 Å². The quantitative estimate of drug-likeness (QED) is 0.626. The van der Waals surface area contributed by atoms with Crippen molar-refractivity contribution < 1.29 is 37.4 Å². The Morgan fingerprint density at radius 3 is 2.23 bits per heavy atom. The molecular weight excluding hydrogens is 410 g/mol. The molecule has 0 radical (unpaired) electrons. The maximum Gasteiger partial charge on any atom is 0.379 e. The van der Waals surface area contributed by atoms with Crippen LogP contribution in [0.2, 0.25) is 0 Å². The van der Waals surface area contributed by atoms with E-state index in [0.29, 0.717) is 25.2 Å². The number of halogens is 2. The molecule has 0 amide bonds. The summed E-state index contributed by atoms with van der Waals surface area (Å²) in [5.41, 5.74) is -0.497. The minimum absolute atomic E-state index is 0.0786. The van der Waals surface area contributed by atoms with Gasteiger partial charge in [0.25, 0.3) is 5.79 Å². The maximum absolute atomic E-state index is 13.4. The van der Waals surface area contributed by atoms with Gasteiger partial charge in [0.15, 0.2) is 0 Å². The van der Waals surface area contributed by atoms with E-state index in [0.717, 1.165) is 37.5 Å². The van der Waals surface area contributed by atoms with Gasteiger partial charge in [-0.3, -0.25) is 9.59 Å². The molecule has 0 aromatic heterocycles. The van der Waals surface area contributed by atoms with E-state index in [1.807, 2.05) is 0 Å². The zero-order chi connectivity index (χ0) is 21.9. The van der Waals surface area contributed by atoms with E-state index in [2.05, 4.69) is 6.92 Å². The van der Waals surface area contributed by atoms with Crippen molar-refractivity contribution in [3.63, 3.8) is 0 Å². The molecule has 7 aliphatic rings. The van der Waals surface area contributed by atoms with E-state index in [9.17, 15) is 23.2 Å². The maximum atomic E-state index is 13.4. The molecule has 7 rings (SSSR count). The highest BCUT2D eigenvalue weighted by molar-refractivity contribution is 5.87. The topological polar surface area (TPSA) is 78.9 Å². The molecule has 8 heteroatoms. The highest BCUT2D eigenvalue weighted by Gasteiger charge is 2.74. The van der Waals surface area contributed by atoms with Crippen molar-refractivity contribution >= 4 is 17.9 Å². The predicted molar refractivity (Wildman–Crippen MR) is 100 cm³/mol. The van der Waals surface area contributed by atoms with Crippen LogP contribution in [0.25, 0.3) is 0 Å². The Morgan fingerprint density at radius 2 is 1.65 bits per heavy atom. The van der Waals surface area contributed by atoms with Gasteiger partial charge in [-0.2, -0.15) is 8.78 Å². The van der Waals surface area contributed by atoms with Gasteiger partial charge in [-0.15, -0.1) is 0 Å². The van der Waals surface area contributed by atoms with Crippen LogP contribution in [-0.4, -0.2) is 35.2 Å². The van der Waals surface area contributed by atoms with Crippen LogP contribution in [0.5, 0.6) is 0 Å². The second kappa shape index (κ2) is 5.98. The second-order valence-corrected chi connectivity index (χ2v) is 11.3. The Kier molecular flexibility index (Phi) is 3.85. The van der Waals surface area contributed by atoms with Crippen molar-refractivity contribution in [3.8, 4) is 0 Å². The summed E-state index contributed by atoms with van der Waals surface area (Å²) < 4.78 is 43.4. The number of rotatable bonds is 4. The minimum atomic E-state index is -3.67. The molecule has 0 spiro atoms. The molecular formula is C23H28F2O6. The lowest BCUT2D eigenvalue weighted by molar-refractivity contribution is -0.239. The van der Waals surface area contributed by atoms with Crippen molar-refractivity contribution in [1.82, 2.24) is 0 Å². The summed E-state index contributed by atoms with van der Waals surface area (Å²) in [5, 5.41) is 0. The van der Waals surface area contributed by atoms with Crippen LogP contribution in [0, 0.1) is 47.3 Å². The number of esters is 3. The summed E-state index contributed by atoms with van der Waals surface area (Å²) in [6, 6.07) is 0. The number of carbonyl (C=O) groups is 3. The normalized spacial score (nSPS) is 51.2. The van der Waals surface area contributed by atoms with Crippen LogP contribution in [0.1, 0.15) is 58.8 Å². The Hall–Kier alpha value is -1.73. The molecule has 6 aliphatic carbocycles. The molecule has 6 bridgehead atoms. The van der Waals surface area contributed by atoms with Gasteiger partial charge in [0.2, 0.25) is 0 Å². The fourth-order valence-corrected chi connectivity index (χ4v) is 8.30. The van der Waals surface area contributed by atoms with Crippen LogP contribution in [-0.2, 0) is 28.6 Å². The first-order chi connectivity index (χ1) is 14.5. The zero-order valence-electron chi connectivity index (χ0n) is 17.8. The molecule has 0 N–H and O–H groups in total. The number of alkyl halides is 2. The highest BCUT2D eigenvalue weighted by Crippen LogP contribution is 2.65. The second-order valence-electron chi connectivity index (χ2n) is 11.3. The highest BCUT2D eigenvalue weighted by atomic mass is 19.3. The monoisotopic (exact) mass is 438 g/mol. The molecule has 0 aromatic rings. The van der Waals surface area contributed by atoms with Crippen LogP contribution in [0.15, 0.2) is 0 Å². The number of hydrogen-bond donors (Lipinski definition) is 0. The van der Waals surface area contributed by atoms with Crippen molar-refractivity contribution in [1.29, 1.82) is 0 Å². The minimum Gasteiger partial charge on any atom is -0.459 e. The van der Waals surface area contributed by atoms with Gasteiger partial charge in [0.05, 0.1) is 17.8 Å². The summed E-state index contributed by atoms with van der Waals surface area (Å²) in [4.78, 5) is 37.8. The Morgan fingerprint density at radius 1 is 1.03 bits per heavy atom. The van der Waals surface area contributed by atoms with Crippen molar-refractivity contribution in [2.24, 2.45) is 47.3 Å². The lowest BCUT2D eigenvalue weighted by Gasteiger charge is -2.59. The van der Waals surface area contributed by atoms with E-state index in [1.54, 1.807) is 0 Å². The average molecular weight is 438 g/mol. The summed E-state index contributed by atoms with van der Waals surface area (Å²) in [6.45, 7) is 2.52. The molecule has 1 aliphatic heterocycles. The van der Waals surface area contributed by atoms with E-state index >= 15 is 0 Å². The van der Waals surface area contributed by atoms with Crippen LogP contribution < -0.4 is 0 Å². The number of hydrogen-bond acceptors (Lipinski definition) is 6. The summed E-state index contributed by atoms with van der Waals surface area (Å²) in [6.07, 6.45) is 6.22. The van der Waals surface area contributed by atoms with Crippen molar-refractivity contribution in [2.75, 3.05) is 0 Å². The smallest absolute Gasteiger partial charge is 0.379 e. The largest absolute Gasteiger partial charge is 0.459 e. The molecule has 31 heavy (non-hydrogen) atoms. The van der Waals surface area contributed by atoms with Gasteiger partial charge in [0.1, 0.15) is 5.60 Å². The van der Waals surface area contributed by atoms with E-state index in [1.165, 1.54) is 6.42 Å². The SMILES string of the molecule is CC(F)(F)C(=O)OC12CC3CC1C(C(=O)O2)C3C(=O)OC1(C)C2CC3CC(C2)CC1C3. The zero-order valence-corrected chi connectivity index (χ0v) is 17.8. The molecule has 6 saturated carbocycles. The number of ether oxygens (including phenoxy) is 3. The summed E-state index contributed by atoms with van der Waals surface area (Å²) >= 11 is 0. The van der Waals surface area contributed by atoms with Crippen molar-refractivity contribution in [2.45, 2.75) is 76.1 Å². The molecule has 170 valence electrons. The van der Waals surface area contributed by atoms with E-state index in [4.69, 9.17) is 14.2 Å². The molecule has 6 nitrogen and oxygen atoms in total. The van der Waals surface area contributed by atoms with Gasteiger partial charge >= 0.3 is 23.8 Å². The molecule has 1 saturated heterocycles. The van der Waals surface area contributed by atoms with E-state index in [-0.39, 0.29) is 18.3 Å². The molecule has 1 heterocycles. The fraction of sp³-hybridized carbons (Fsp3) is 0.870. The predicted octanol–water partition coefficient (Wildman–Crippen LogP) is 3.47. The van der Waals surface area contributed by atoms with E-state index < -0.39 is 47.0 Å². The first-order valence-electron chi connectivity index (χ1n) is 11.6. The average Bonchev–Trinajstić information content (AvgIpc) is 3.24. The van der Waals surface area contributed by atoms with Gasteiger partial charge in [-0.05, 0) is 75.0 Å². The Balaban J connectivity index is 1.21. The van der Waals surface area contributed by atoms with Gasteiger partial charge in [-0.1, -0.05) is 0 Å². The van der Waals surface area contributed by atoms with Gasteiger partial charge < -0.3 is 14.2 Å². The lowest BCUT2D eigenvalue weighted by Crippen LogP contribution is -2.58. The third-order valence-electron chi connectivity index (χ3n) is 9.52. The Labute approximate surface area is 179 Å². The van der Waals surface area contributed by atoms with Crippen LogP contribution in [0.4, 0.5) is 8.78 Å². The first kappa shape index (κ1) is 19.9. The van der Waals surface area contributed by atoms with Gasteiger partial charge in [-0.25, -0.2) is 4.79 Å². The summed E-state index contributed by atoms with van der Waals surface area (Å²) in [5.74, 6) is -8.10. The van der Waals surface area contributed by atoms with Gasteiger partial charge in [0, 0.05) is 13.3 Å². The molecule has 5 unspecified atom stereocenters. The first-order valence-corrected chi connectivity index (χ1v) is 11.6. The molecule has 0 aromatic carbocycles. The molecule has 5 atom stereocenters. The Bertz CT molecular complexity index is 837. The molecule has 7 fully saturated rings. The van der Waals surface area contributed by atoms with Crippen LogP contribution in [0.3, 0.4) is 0 Å². The fourth-order valence-electron chi connectivity index (χ4n) is 8.30. The third kappa shape index (κ3) is 2.62. The standard InChI is InChI=1S/C23H28F2O6/c1-21(13-4-10-3-11(6-13)7-14(21)5-10)29-18(26)16-12-8-15-17(16)19(27)30-23(15,9-12)31-20(28)22(2,24)25/h10-17H,3-9H2,1-2H3. The number of fused-ring (bicyclic) bond motifs is 1. The lowest BCUT2D eigenvalue weighted by atomic mass is 9.50. The number of carbonyl (C=O) groups excluding carboxylic acids is 3. The third-order valence-corrected chi connectivity index (χ3v) is 9.52. The summed E-state index contributed by atoms with van der Waals surface area (Å²) in [7, 11) is 0.